The van der Waals surface area contributed by atoms with E-state index >= 15 is 0 Å². The Balaban J connectivity index is 1.64. The molecule has 0 aliphatic heterocycles. The highest BCUT2D eigenvalue weighted by molar-refractivity contribution is 6.36. The first-order valence-electron chi connectivity index (χ1n) is 8.21. The van der Waals surface area contributed by atoms with Gasteiger partial charge in [-0.05, 0) is 42.0 Å². The number of rotatable bonds is 6. The number of carbonyl (C=O) groups excluding carboxylic acids is 1. The van der Waals surface area contributed by atoms with Crippen molar-refractivity contribution in [2.45, 2.75) is 0 Å². The summed E-state index contributed by atoms with van der Waals surface area (Å²) in [7, 11) is 1.60. The lowest BCUT2D eigenvalue weighted by Crippen LogP contribution is -2.09. The summed E-state index contributed by atoms with van der Waals surface area (Å²) < 4.78 is 5.10. The Hall–Kier alpha value is -3.09. The van der Waals surface area contributed by atoms with Gasteiger partial charge in [-0.15, -0.1) is 0 Å². The van der Waals surface area contributed by atoms with Gasteiger partial charge in [0.25, 0.3) is 0 Å². The van der Waals surface area contributed by atoms with Crippen molar-refractivity contribution in [1.82, 2.24) is 9.97 Å². The normalized spacial score (nSPS) is 10.7. The van der Waals surface area contributed by atoms with E-state index < -0.39 is 0 Å². The summed E-state index contributed by atoms with van der Waals surface area (Å²) in [6, 6.07) is 14.0. The molecule has 2 N–H and O–H groups in total. The summed E-state index contributed by atoms with van der Waals surface area (Å²) in [6.45, 7) is 0. The Kier molecular flexibility index (Phi) is 6.47. The van der Waals surface area contributed by atoms with Gasteiger partial charge >= 0.3 is 0 Å². The van der Waals surface area contributed by atoms with Crippen LogP contribution in [-0.2, 0) is 4.79 Å². The zero-order chi connectivity index (χ0) is 19.9. The zero-order valence-corrected chi connectivity index (χ0v) is 16.3. The molecule has 0 unspecified atom stereocenters. The number of nitrogens with zero attached hydrogens (tertiary/aromatic N) is 2. The van der Waals surface area contributed by atoms with Crippen molar-refractivity contribution in [1.29, 1.82) is 0 Å². The second-order valence-corrected chi connectivity index (χ2v) is 6.48. The van der Waals surface area contributed by atoms with E-state index in [0.717, 1.165) is 11.3 Å². The van der Waals surface area contributed by atoms with Gasteiger partial charge in [0, 0.05) is 17.2 Å². The predicted molar refractivity (Wildman–Crippen MR) is 112 cm³/mol. The fourth-order valence-corrected chi connectivity index (χ4v) is 2.73. The highest BCUT2D eigenvalue weighted by Gasteiger charge is 2.05. The molecule has 6 nitrogen and oxygen atoms in total. The van der Waals surface area contributed by atoms with E-state index in [9.17, 15) is 4.79 Å². The van der Waals surface area contributed by atoms with E-state index in [2.05, 4.69) is 20.6 Å². The minimum absolute atomic E-state index is 0.315. The van der Waals surface area contributed by atoms with Crippen molar-refractivity contribution < 1.29 is 9.53 Å². The number of carbonyl (C=O) groups is 1. The lowest BCUT2D eigenvalue weighted by atomic mass is 10.2. The number of ether oxygens (including phenoxy) is 1. The minimum Gasteiger partial charge on any atom is -0.497 e. The van der Waals surface area contributed by atoms with Crippen LogP contribution in [0.5, 0.6) is 5.75 Å². The molecule has 0 aliphatic rings. The number of hydrogen-bond donors (Lipinski definition) is 2. The summed E-state index contributed by atoms with van der Waals surface area (Å²) in [5.74, 6) is 1.27. The van der Waals surface area contributed by atoms with Crippen LogP contribution in [0, 0.1) is 0 Å². The average Bonchev–Trinajstić information content (AvgIpc) is 2.69. The monoisotopic (exact) mass is 414 g/mol. The first-order valence-corrected chi connectivity index (χ1v) is 8.96. The molecule has 2 aromatic carbocycles. The molecule has 0 atom stereocenters. The number of methoxy groups -OCH3 is 1. The number of halogens is 2. The van der Waals surface area contributed by atoms with Gasteiger partial charge in [0.1, 0.15) is 23.7 Å². The highest BCUT2D eigenvalue weighted by atomic mass is 35.5. The molecule has 3 rings (SSSR count). The number of anilines is 3. The van der Waals surface area contributed by atoms with Crippen molar-refractivity contribution in [3.63, 3.8) is 0 Å². The fraction of sp³-hybridized carbons (Fsp3) is 0.0500. The third-order valence-electron chi connectivity index (χ3n) is 3.66. The van der Waals surface area contributed by atoms with Crippen LogP contribution in [-0.4, -0.2) is 23.0 Å². The largest absolute Gasteiger partial charge is 0.497 e. The van der Waals surface area contributed by atoms with Crippen LogP contribution in [0.2, 0.25) is 10.0 Å². The van der Waals surface area contributed by atoms with Crippen molar-refractivity contribution in [3.8, 4) is 5.75 Å². The summed E-state index contributed by atoms with van der Waals surface area (Å²) >= 11 is 12.0. The van der Waals surface area contributed by atoms with Crippen molar-refractivity contribution in [3.05, 3.63) is 76.5 Å². The molecular formula is C20H16Cl2N4O2. The lowest BCUT2D eigenvalue weighted by molar-refractivity contribution is -0.111. The SMILES string of the molecule is COc1ccc(/C=C/C(=O)Nc2cc(Nc3ccc(Cl)cc3Cl)ncn2)cc1. The van der Waals surface area contributed by atoms with Crippen LogP contribution < -0.4 is 15.4 Å². The average molecular weight is 415 g/mol. The van der Waals surface area contributed by atoms with E-state index in [1.807, 2.05) is 24.3 Å². The smallest absolute Gasteiger partial charge is 0.249 e. The Morgan fingerprint density at radius 2 is 1.79 bits per heavy atom. The molecule has 0 spiro atoms. The van der Waals surface area contributed by atoms with Gasteiger partial charge < -0.3 is 15.4 Å². The van der Waals surface area contributed by atoms with Crippen molar-refractivity contribution in [2.75, 3.05) is 17.7 Å². The van der Waals surface area contributed by atoms with E-state index in [1.165, 1.54) is 12.4 Å². The summed E-state index contributed by atoms with van der Waals surface area (Å²) in [4.78, 5) is 20.3. The van der Waals surface area contributed by atoms with E-state index in [4.69, 9.17) is 27.9 Å². The molecule has 0 bridgehead atoms. The first-order chi connectivity index (χ1) is 13.5. The third kappa shape index (κ3) is 5.45. The molecule has 0 radical (unpaired) electrons. The van der Waals surface area contributed by atoms with Gasteiger partial charge in [-0.1, -0.05) is 35.3 Å². The third-order valence-corrected chi connectivity index (χ3v) is 4.20. The van der Waals surface area contributed by atoms with Crippen LogP contribution in [0.15, 0.2) is 60.9 Å². The Morgan fingerprint density at radius 3 is 2.50 bits per heavy atom. The Labute approximate surface area is 172 Å². The maximum Gasteiger partial charge on any atom is 0.249 e. The van der Waals surface area contributed by atoms with E-state index in [0.29, 0.717) is 27.4 Å². The predicted octanol–water partition coefficient (Wildman–Crippen LogP) is 5.19. The number of aromatic nitrogens is 2. The summed E-state index contributed by atoms with van der Waals surface area (Å²) in [5, 5.41) is 6.74. The zero-order valence-electron chi connectivity index (χ0n) is 14.8. The molecule has 3 aromatic rings. The van der Waals surface area contributed by atoms with Gasteiger partial charge in [-0.2, -0.15) is 0 Å². The fourth-order valence-electron chi connectivity index (χ4n) is 2.28. The highest BCUT2D eigenvalue weighted by Crippen LogP contribution is 2.27. The summed E-state index contributed by atoms with van der Waals surface area (Å²) in [5.41, 5.74) is 1.51. The number of hydrogen-bond acceptors (Lipinski definition) is 5. The van der Waals surface area contributed by atoms with Crippen LogP contribution in [0.4, 0.5) is 17.3 Å². The maximum atomic E-state index is 12.1. The maximum absolute atomic E-state index is 12.1. The lowest BCUT2D eigenvalue weighted by Gasteiger charge is -2.09. The standard InChI is InChI=1S/C20H16Cl2N4O2/c1-28-15-6-2-13(3-7-15)4-9-20(27)26-19-11-18(23-12-24-19)25-17-8-5-14(21)10-16(17)22/h2-12H,1H3,(H2,23,24,25,26,27)/b9-4+. The van der Waals surface area contributed by atoms with Gasteiger partial charge in [0.05, 0.1) is 17.8 Å². The molecule has 0 aliphatic carbocycles. The second-order valence-electron chi connectivity index (χ2n) is 5.63. The van der Waals surface area contributed by atoms with Gasteiger partial charge in [0.2, 0.25) is 5.91 Å². The van der Waals surface area contributed by atoms with Crippen molar-refractivity contribution >= 4 is 52.5 Å². The number of nitrogens with one attached hydrogen (secondary N) is 2. The van der Waals surface area contributed by atoms with Gasteiger partial charge in [0.15, 0.2) is 0 Å². The molecule has 0 saturated carbocycles. The van der Waals surface area contributed by atoms with Crippen LogP contribution in [0.1, 0.15) is 5.56 Å². The van der Waals surface area contributed by atoms with Crippen molar-refractivity contribution in [2.24, 2.45) is 0 Å². The van der Waals surface area contributed by atoms with Crippen LogP contribution in [0.25, 0.3) is 6.08 Å². The van der Waals surface area contributed by atoms with Crippen LogP contribution >= 0.6 is 23.2 Å². The quantitative estimate of drug-likeness (QED) is 0.542. The molecule has 142 valence electrons. The Morgan fingerprint density at radius 1 is 1.04 bits per heavy atom. The Bertz CT molecular complexity index is 1010. The van der Waals surface area contributed by atoms with Crippen LogP contribution in [0.3, 0.4) is 0 Å². The molecule has 8 heteroatoms. The van der Waals surface area contributed by atoms with E-state index in [-0.39, 0.29) is 5.91 Å². The molecule has 28 heavy (non-hydrogen) atoms. The first kappa shape index (κ1) is 19.7. The number of amides is 1. The van der Waals surface area contributed by atoms with E-state index in [1.54, 1.807) is 37.5 Å². The minimum atomic E-state index is -0.315. The molecular weight excluding hydrogens is 399 g/mol. The second kappa shape index (κ2) is 9.21. The molecule has 0 fully saturated rings. The molecule has 1 heterocycles. The number of benzene rings is 2. The molecule has 0 saturated heterocycles. The topological polar surface area (TPSA) is 76.1 Å². The molecule has 1 aromatic heterocycles. The van der Waals surface area contributed by atoms with Gasteiger partial charge in [-0.3, -0.25) is 4.79 Å². The molecule has 1 amide bonds. The summed E-state index contributed by atoms with van der Waals surface area (Å²) in [6.07, 6.45) is 4.46. The van der Waals surface area contributed by atoms with Gasteiger partial charge in [-0.25, -0.2) is 9.97 Å².